The van der Waals surface area contributed by atoms with Crippen LogP contribution in [0.2, 0.25) is 0 Å². The molecule has 1 N–H and O–H groups in total. The fourth-order valence-electron chi connectivity index (χ4n) is 3.27. The average molecular weight is 378 g/mol. The van der Waals surface area contributed by atoms with Crippen molar-refractivity contribution in [2.24, 2.45) is 0 Å². The zero-order valence-electron chi connectivity index (χ0n) is 15.2. The van der Waals surface area contributed by atoms with Crippen molar-refractivity contribution in [2.75, 3.05) is 11.9 Å². The van der Waals surface area contributed by atoms with E-state index in [-0.39, 0.29) is 12.5 Å². The number of aryl methyl sites for hydroxylation is 2. The number of carbonyl (C=O) groups excluding carboxylic acids is 1. The van der Waals surface area contributed by atoms with Gasteiger partial charge in [-0.15, -0.1) is 0 Å². The standard InChI is InChI=1S/C19H21F3N4O/c1-12-9-17(24-13(2)23-12)25-16-7-4-8-26(18(16)27)11-14-5-3-6-15(10-14)19(20,21)22/h3,5-6,9-10,16H,4,7-8,11H2,1-2H3,(H,23,24,25). The Morgan fingerprint density at radius 3 is 2.70 bits per heavy atom. The first-order valence-electron chi connectivity index (χ1n) is 8.76. The van der Waals surface area contributed by atoms with Crippen molar-refractivity contribution in [3.8, 4) is 0 Å². The summed E-state index contributed by atoms with van der Waals surface area (Å²) in [5.74, 6) is 1.06. The van der Waals surface area contributed by atoms with Gasteiger partial charge in [0.25, 0.3) is 0 Å². The molecular weight excluding hydrogens is 357 g/mol. The van der Waals surface area contributed by atoms with Crippen LogP contribution in [-0.4, -0.2) is 33.4 Å². The van der Waals surface area contributed by atoms with Crippen LogP contribution in [0.25, 0.3) is 0 Å². The number of halogens is 3. The number of carbonyl (C=O) groups is 1. The minimum atomic E-state index is -4.39. The van der Waals surface area contributed by atoms with E-state index in [9.17, 15) is 18.0 Å². The summed E-state index contributed by atoms with van der Waals surface area (Å²) in [5.41, 5.74) is 0.563. The van der Waals surface area contributed by atoms with Crippen LogP contribution in [-0.2, 0) is 17.5 Å². The van der Waals surface area contributed by atoms with Gasteiger partial charge in [-0.05, 0) is 44.4 Å². The van der Waals surface area contributed by atoms with Crippen molar-refractivity contribution in [3.05, 3.63) is 53.0 Å². The number of amides is 1. The largest absolute Gasteiger partial charge is 0.416 e. The van der Waals surface area contributed by atoms with Crippen LogP contribution in [0.1, 0.15) is 35.5 Å². The first-order valence-corrected chi connectivity index (χ1v) is 8.76. The van der Waals surface area contributed by atoms with Crippen molar-refractivity contribution >= 4 is 11.7 Å². The molecule has 1 amide bonds. The zero-order chi connectivity index (χ0) is 19.6. The number of rotatable bonds is 4. The third-order valence-corrected chi connectivity index (χ3v) is 4.45. The fraction of sp³-hybridized carbons (Fsp3) is 0.421. The molecule has 27 heavy (non-hydrogen) atoms. The van der Waals surface area contributed by atoms with Crippen LogP contribution in [0.5, 0.6) is 0 Å². The van der Waals surface area contributed by atoms with Crippen LogP contribution >= 0.6 is 0 Å². The number of hydrogen-bond donors (Lipinski definition) is 1. The molecule has 1 unspecified atom stereocenters. The monoisotopic (exact) mass is 378 g/mol. The van der Waals surface area contributed by atoms with Crippen LogP contribution in [0.4, 0.5) is 19.0 Å². The number of piperidine rings is 1. The molecule has 1 aliphatic heterocycles. The molecule has 2 heterocycles. The van der Waals surface area contributed by atoms with Crippen molar-refractivity contribution < 1.29 is 18.0 Å². The smallest absolute Gasteiger partial charge is 0.358 e. The Bertz CT molecular complexity index is 818. The zero-order valence-corrected chi connectivity index (χ0v) is 15.2. The first kappa shape index (κ1) is 19.1. The first-order chi connectivity index (χ1) is 12.7. The van der Waals surface area contributed by atoms with Gasteiger partial charge in [-0.1, -0.05) is 12.1 Å². The molecule has 0 saturated carbocycles. The Hall–Kier alpha value is -2.64. The molecule has 1 atom stereocenters. The van der Waals surface area contributed by atoms with Gasteiger partial charge in [0.05, 0.1) is 5.56 Å². The summed E-state index contributed by atoms with van der Waals surface area (Å²) in [5, 5.41) is 3.14. The van der Waals surface area contributed by atoms with E-state index in [0.717, 1.165) is 24.2 Å². The molecule has 0 bridgehead atoms. The Kier molecular flexibility index (Phi) is 5.34. The molecule has 1 aliphatic rings. The molecule has 1 fully saturated rings. The summed E-state index contributed by atoms with van der Waals surface area (Å²) < 4.78 is 38.7. The number of nitrogens with zero attached hydrogens (tertiary/aromatic N) is 3. The maximum atomic E-state index is 12.9. The summed E-state index contributed by atoms with van der Waals surface area (Å²) in [6.45, 7) is 4.31. The predicted octanol–water partition coefficient (Wildman–Crippen LogP) is 3.72. The van der Waals surface area contributed by atoms with Crippen LogP contribution in [0.15, 0.2) is 30.3 Å². The molecule has 5 nitrogen and oxygen atoms in total. The lowest BCUT2D eigenvalue weighted by Crippen LogP contribution is -2.47. The normalized spacial score (nSPS) is 17.9. The van der Waals surface area contributed by atoms with Gasteiger partial charge in [0.2, 0.25) is 5.91 Å². The number of likely N-dealkylation sites (tertiary alicyclic amines) is 1. The number of alkyl halides is 3. The molecule has 144 valence electrons. The molecular formula is C19H21F3N4O. The van der Waals surface area contributed by atoms with Crippen LogP contribution < -0.4 is 5.32 Å². The van der Waals surface area contributed by atoms with Gasteiger partial charge in [0.15, 0.2) is 0 Å². The summed E-state index contributed by atoms with van der Waals surface area (Å²) in [7, 11) is 0. The lowest BCUT2D eigenvalue weighted by atomic mass is 10.0. The SMILES string of the molecule is Cc1cc(NC2CCCN(Cc3cccc(C(F)(F)F)c3)C2=O)nc(C)n1. The number of anilines is 1. The number of benzene rings is 1. The van der Waals surface area contributed by atoms with Gasteiger partial charge in [0.1, 0.15) is 17.7 Å². The van der Waals surface area contributed by atoms with Crippen LogP contribution in [0.3, 0.4) is 0 Å². The molecule has 1 aromatic heterocycles. The van der Waals surface area contributed by atoms with Gasteiger partial charge in [-0.2, -0.15) is 13.2 Å². The third-order valence-electron chi connectivity index (χ3n) is 4.45. The lowest BCUT2D eigenvalue weighted by Gasteiger charge is -2.33. The highest BCUT2D eigenvalue weighted by Crippen LogP contribution is 2.30. The van der Waals surface area contributed by atoms with E-state index in [2.05, 4.69) is 15.3 Å². The summed E-state index contributed by atoms with van der Waals surface area (Å²) in [4.78, 5) is 22.9. The second-order valence-corrected chi connectivity index (χ2v) is 6.74. The molecule has 3 rings (SSSR count). The molecule has 2 aromatic rings. The van der Waals surface area contributed by atoms with Crippen LogP contribution in [0, 0.1) is 13.8 Å². The Morgan fingerprint density at radius 1 is 1.22 bits per heavy atom. The van der Waals surface area contributed by atoms with Crippen molar-refractivity contribution in [1.82, 2.24) is 14.9 Å². The number of aromatic nitrogens is 2. The molecule has 0 spiro atoms. The second kappa shape index (κ2) is 7.54. The molecule has 8 heteroatoms. The van der Waals surface area contributed by atoms with E-state index in [1.807, 2.05) is 6.92 Å². The maximum Gasteiger partial charge on any atom is 0.416 e. The van der Waals surface area contributed by atoms with Crippen molar-refractivity contribution in [3.63, 3.8) is 0 Å². The van der Waals surface area contributed by atoms with Gasteiger partial charge < -0.3 is 10.2 Å². The molecule has 1 aromatic carbocycles. The summed E-state index contributed by atoms with van der Waals surface area (Å²) >= 11 is 0. The maximum absolute atomic E-state index is 12.9. The van der Waals surface area contributed by atoms with E-state index < -0.39 is 17.8 Å². The van der Waals surface area contributed by atoms with E-state index in [1.54, 1.807) is 24.0 Å². The summed E-state index contributed by atoms with van der Waals surface area (Å²) in [6, 6.07) is 6.43. The average Bonchev–Trinajstić information content (AvgIpc) is 2.57. The third kappa shape index (κ3) is 4.75. The Balaban J connectivity index is 1.71. The van der Waals surface area contributed by atoms with Gasteiger partial charge in [-0.3, -0.25) is 4.79 Å². The van der Waals surface area contributed by atoms with E-state index in [4.69, 9.17) is 0 Å². The quantitative estimate of drug-likeness (QED) is 0.881. The lowest BCUT2D eigenvalue weighted by molar-refractivity contribution is -0.137. The fourth-order valence-corrected chi connectivity index (χ4v) is 3.27. The van der Waals surface area contributed by atoms with Crippen molar-refractivity contribution in [1.29, 1.82) is 0 Å². The molecule has 0 radical (unpaired) electrons. The molecule has 0 aliphatic carbocycles. The Morgan fingerprint density at radius 2 is 2.00 bits per heavy atom. The minimum Gasteiger partial charge on any atom is -0.358 e. The van der Waals surface area contributed by atoms with Gasteiger partial charge >= 0.3 is 6.18 Å². The second-order valence-electron chi connectivity index (χ2n) is 6.74. The van der Waals surface area contributed by atoms with Gasteiger partial charge in [0, 0.05) is 24.8 Å². The van der Waals surface area contributed by atoms with E-state index >= 15 is 0 Å². The highest BCUT2D eigenvalue weighted by atomic mass is 19.4. The molecule has 1 saturated heterocycles. The van der Waals surface area contributed by atoms with E-state index in [0.29, 0.717) is 30.2 Å². The van der Waals surface area contributed by atoms with Crippen molar-refractivity contribution in [2.45, 2.75) is 45.5 Å². The van der Waals surface area contributed by atoms with E-state index in [1.165, 1.54) is 6.07 Å². The summed E-state index contributed by atoms with van der Waals surface area (Å²) in [6.07, 6.45) is -2.97. The highest BCUT2D eigenvalue weighted by Gasteiger charge is 2.32. The Labute approximate surface area is 155 Å². The minimum absolute atomic E-state index is 0.132. The highest BCUT2D eigenvalue weighted by molar-refractivity contribution is 5.85. The predicted molar refractivity (Wildman–Crippen MR) is 95.0 cm³/mol. The topological polar surface area (TPSA) is 58.1 Å². The number of nitrogens with one attached hydrogen (secondary N) is 1. The van der Waals surface area contributed by atoms with Gasteiger partial charge in [-0.25, -0.2) is 9.97 Å². The number of hydrogen-bond acceptors (Lipinski definition) is 4.